The molecule has 2 N–H and O–H groups in total. The normalized spacial score (nSPS) is 5.32. The summed E-state index contributed by atoms with van der Waals surface area (Å²) in [4.78, 5) is 0. The minimum atomic E-state index is 0. The van der Waals surface area contributed by atoms with Crippen LogP contribution >= 0.6 is 0 Å². The topological polar surface area (TPSA) is 441 Å². The van der Waals surface area contributed by atoms with Crippen molar-refractivity contribution in [1.29, 1.82) is 0 Å². The zero-order valence-corrected chi connectivity index (χ0v) is 56.1. The second-order valence-corrected chi connectivity index (χ2v) is 2.02. The predicted molar refractivity (Wildman–Crippen MR) is 171 cm³/mol. The zero-order chi connectivity index (χ0) is 42.3. The molecule has 0 aromatic heterocycles. The molecular formula is CH6Al21EuMgO36+2. The van der Waals surface area contributed by atoms with Crippen molar-refractivity contribution in [2.24, 2.45) is 0 Å². The fourth-order valence-corrected chi connectivity index (χ4v) is 0.291. The molecule has 0 spiro atoms. The fraction of sp³-hybridized carbons (Fsp3) is 1.00. The Bertz CT molecular complexity index is 362. The Kier molecular flexibility index (Phi) is 765. The third kappa shape index (κ3) is 316. The monoisotopic (exact) mass is 1340 g/mol. The molecule has 0 aromatic carbocycles. The Morgan fingerprint density at radius 1 is 0.233 bits per heavy atom. The molecule has 0 amide bonds. The molecule has 59 heteroatoms. The molecule has 0 heterocycles. The van der Waals surface area contributed by atoms with Crippen LogP contribution in [0.5, 0.6) is 0 Å². The van der Waals surface area contributed by atoms with Crippen molar-refractivity contribution in [1.82, 2.24) is 0 Å². The first-order valence-corrected chi connectivity index (χ1v) is 13.1. The number of hydrogen-bond donors (Lipinski definition) is 2. The molecular weight excluding hydrogens is 1330 g/mol. The zero-order valence-electron chi connectivity index (χ0n) is 28.0. The van der Waals surface area contributed by atoms with Crippen LogP contribution in [0.3, 0.4) is 0 Å². The molecule has 0 aliphatic rings. The van der Waals surface area contributed by atoms with E-state index in [1.54, 1.807) is 33.2 Å². The molecule has 0 unspecified atom stereocenters. The van der Waals surface area contributed by atoms with E-state index in [1.165, 1.54) is 178 Å². The molecule has 0 saturated heterocycles. The minimum absolute atomic E-state index is 0. The van der Waals surface area contributed by atoms with Crippen molar-refractivity contribution < 1.29 is 215 Å². The van der Waals surface area contributed by atoms with Gasteiger partial charge < -0.3 is 7.88 Å². The second-order valence-electron chi connectivity index (χ2n) is 1.63. The van der Waals surface area contributed by atoms with Crippen LogP contribution in [0.1, 0.15) is 7.43 Å². The van der Waals surface area contributed by atoms with Crippen molar-refractivity contribution in [2.45, 2.75) is 7.43 Å². The molecule has 36 nitrogen and oxygen atoms in total. The van der Waals surface area contributed by atoms with Gasteiger partial charge >= 0.3 is 303 Å². The van der Waals surface area contributed by atoms with Crippen molar-refractivity contribution in [2.75, 3.05) is 0 Å². The molecule has 0 bridgehead atoms. The van der Waals surface area contributed by atoms with Gasteiger partial charge in [0.25, 0.3) is 0 Å². The molecule has 0 rings (SSSR count). The first kappa shape index (κ1) is 157. The molecule has 0 aliphatic carbocycles. The second kappa shape index (κ2) is 291. The van der Waals surface area contributed by atoms with Crippen LogP contribution in [0.4, 0.5) is 0 Å². The Balaban J connectivity index is -0.0000000119. The van der Waals surface area contributed by atoms with Gasteiger partial charge in [-0.05, 0) is 95.7 Å². The standard InChI is InChI=1S/CH4.21Al.Eu.Mg.H2O13.H2O12.11O/c;;;;;;;;;;;;;;;;;;;;;;;;1-3-5-7-9-11-13-12-10-8-6-4-2;1-3-5-7-9-11-12-10-8-6-4-2;;;;;;;;;;;/h1H4;;;;;;;;;;;;;;;;;;;;;;;;1-2H;1-2H;;;;;;;;;;;/q;;;;;;;;;;;;;;;;;;;;2*+1;+2;;;;;;;;;;;;;;/p-2. The summed E-state index contributed by atoms with van der Waals surface area (Å²) in [5.41, 5.74) is 0. The summed E-state index contributed by atoms with van der Waals surface area (Å²) in [6.07, 6.45) is 0. The average Bonchev–Trinajstić information content (AvgIpc) is 3.23. The van der Waals surface area contributed by atoms with Crippen molar-refractivity contribution in [3.8, 4) is 0 Å². The van der Waals surface area contributed by atoms with E-state index >= 15 is 0 Å². The van der Waals surface area contributed by atoms with Crippen LogP contribution in [-0.2, 0) is 156 Å². The SMILES string of the molecule is C.OOOOOOOOOOOO[O][Al].OOOOOOOOOOO[O][Al].[Al].[Al].[Al].[Al].[Al].[Al].[Al].[Al].[Eu+2].[Mg].[O]=[Al].[O]=[Al].[O]=[Al].[O]=[Al].[O]=[Al].[O]=[Al].[O]=[Al].[O]=[Al].[O]=[Al].[O]=[Al].[O]=[Al]. The molecule has 42 radical (unpaired) electrons. The van der Waals surface area contributed by atoms with E-state index in [9.17, 15) is 0 Å². The first-order valence-electron chi connectivity index (χ1n) is 6.93. The van der Waals surface area contributed by atoms with Gasteiger partial charge in [-0.2, -0.15) is 0 Å². The summed E-state index contributed by atoms with van der Waals surface area (Å²) in [7, 11) is 0. The van der Waals surface area contributed by atoms with Gasteiger partial charge in [0.1, 0.15) is 0 Å². The van der Waals surface area contributed by atoms with Gasteiger partial charge in [0.05, 0.1) is 0 Å². The van der Waals surface area contributed by atoms with Crippen LogP contribution < -0.4 is 0 Å². The van der Waals surface area contributed by atoms with E-state index in [-0.39, 0.29) is 219 Å². The van der Waals surface area contributed by atoms with Gasteiger partial charge in [-0.3, -0.25) is 0 Å². The Morgan fingerprint density at radius 3 is 0.400 bits per heavy atom. The fourth-order valence-electron chi connectivity index (χ4n) is 0.227. The summed E-state index contributed by atoms with van der Waals surface area (Å²) in [6, 6.07) is 0. The van der Waals surface area contributed by atoms with Crippen LogP contribution in [0.2, 0.25) is 0 Å². The van der Waals surface area contributed by atoms with Crippen LogP contribution in [0.25, 0.3) is 0 Å². The van der Waals surface area contributed by atoms with E-state index in [4.69, 9.17) is 52.4 Å². The summed E-state index contributed by atoms with van der Waals surface area (Å²) in [6.45, 7) is 0. The third-order valence-electron chi connectivity index (χ3n) is 0.612. The van der Waals surface area contributed by atoms with Crippen molar-refractivity contribution in [3.05, 3.63) is 0 Å². The van der Waals surface area contributed by atoms with E-state index in [0.29, 0.717) is 0 Å². The molecule has 0 aliphatic heterocycles. The summed E-state index contributed by atoms with van der Waals surface area (Å²) < 4.78 is 97.4. The Labute approximate surface area is 585 Å². The Hall–Kier alpha value is 10.3. The van der Waals surface area contributed by atoms with E-state index in [2.05, 4.69) is 114 Å². The summed E-state index contributed by atoms with van der Waals surface area (Å²) >= 11 is 16.1. The molecule has 0 atom stereocenters. The predicted octanol–water partition coefficient (Wildman–Crippen LogP) is -10.6. The summed E-state index contributed by atoms with van der Waals surface area (Å²) in [5.74, 6) is 0. The Morgan fingerprint density at radius 2 is 0.317 bits per heavy atom. The number of rotatable bonds is 21. The van der Waals surface area contributed by atoms with E-state index < -0.39 is 0 Å². The third-order valence-corrected chi connectivity index (χ3v) is 0.769. The maximum absolute atomic E-state index is 8.17. The van der Waals surface area contributed by atoms with Gasteiger partial charge in [-0.1, -0.05) is 17.5 Å². The quantitative estimate of drug-likeness (QED) is 0.0466. The van der Waals surface area contributed by atoms with Gasteiger partial charge in [-0.15, -0.1) is 0 Å². The molecule has 296 valence electrons. The van der Waals surface area contributed by atoms with E-state index in [1.807, 2.05) is 0 Å². The molecule has 0 fully saturated rings. The van der Waals surface area contributed by atoms with Gasteiger partial charge in [0.2, 0.25) is 0 Å². The van der Waals surface area contributed by atoms with Crippen LogP contribution in [0, 0.1) is 49.4 Å². The van der Waals surface area contributed by atoms with E-state index in [0.717, 1.165) is 0 Å². The van der Waals surface area contributed by atoms with Gasteiger partial charge in [0.15, 0.2) is 0 Å². The van der Waals surface area contributed by atoms with Crippen molar-refractivity contribution >= 4 is 374 Å². The average molecular weight is 1340 g/mol. The maximum atomic E-state index is 8.17. The summed E-state index contributed by atoms with van der Waals surface area (Å²) in [5, 5.41) is 86.3. The van der Waals surface area contributed by atoms with Gasteiger partial charge in [-0.25, -0.2) is 10.5 Å². The molecule has 60 heavy (non-hydrogen) atoms. The van der Waals surface area contributed by atoms with Crippen LogP contribution in [0.15, 0.2) is 0 Å². The molecule has 0 aromatic rings. The van der Waals surface area contributed by atoms with Gasteiger partial charge in [0, 0.05) is 162 Å². The molecule has 0 saturated carbocycles. The first-order chi connectivity index (χ1) is 24.3. The van der Waals surface area contributed by atoms with Crippen molar-refractivity contribution in [3.63, 3.8) is 0 Å². The van der Waals surface area contributed by atoms with Crippen LogP contribution in [-0.4, -0.2) is 384 Å². The number of hydrogen-bond acceptors (Lipinski definition) is 36.